The first kappa shape index (κ1) is 14.5. The zero-order valence-electron chi connectivity index (χ0n) is 10.5. The number of urea groups is 1. The summed E-state index contributed by atoms with van der Waals surface area (Å²) in [5, 5.41) is 5.05. The third-order valence-corrected chi connectivity index (χ3v) is 3.71. The number of imide groups is 1. The van der Waals surface area contributed by atoms with Crippen molar-refractivity contribution in [1.29, 1.82) is 0 Å². The van der Waals surface area contributed by atoms with Crippen LogP contribution in [-0.4, -0.2) is 18.0 Å². The van der Waals surface area contributed by atoms with Crippen LogP contribution in [-0.2, 0) is 4.79 Å². The Bertz CT molecular complexity index is 465. The molecule has 6 heteroatoms. The zero-order valence-corrected chi connectivity index (χ0v) is 12.1. The summed E-state index contributed by atoms with van der Waals surface area (Å²) in [6.45, 7) is 5.60. The van der Waals surface area contributed by atoms with Gasteiger partial charge in [0.2, 0.25) is 5.91 Å². The monoisotopic (exact) mass is 313 g/mol. The van der Waals surface area contributed by atoms with Crippen LogP contribution in [0.25, 0.3) is 0 Å². The molecule has 3 amide bonds. The van der Waals surface area contributed by atoms with E-state index in [1.54, 1.807) is 6.92 Å². The third-order valence-electron chi connectivity index (χ3n) is 2.46. The molecule has 1 atom stereocenters. The number of rotatable bonds is 3. The topological polar surface area (TPSA) is 84.2 Å². The van der Waals surface area contributed by atoms with Gasteiger partial charge in [-0.3, -0.25) is 10.1 Å². The fourth-order valence-electron chi connectivity index (χ4n) is 1.57. The first-order valence-corrected chi connectivity index (χ1v) is 6.24. The number of anilines is 1. The molecule has 0 radical (unpaired) electrons. The van der Waals surface area contributed by atoms with E-state index < -0.39 is 18.0 Å². The lowest BCUT2D eigenvalue weighted by molar-refractivity contribution is -0.120. The van der Waals surface area contributed by atoms with Crippen LogP contribution in [0.15, 0.2) is 16.6 Å². The van der Waals surface area contributed by atoms with Gasteiger partial charge in [0.05, 0.1) is 0 Å². The van der Waals surface area contributed by atoms with Crippen LogP contribution in [0, 0.1) is 13.8 Å². The van der Waals surface area contributed by atoms with E-state index in [1.165, 1.54) is 0 Å². The number of carbonyl (C=O) groups excluding carboxylic acids is 2. The van der Waals surface area contributed by atoms with Crippen LogP contribution in [0.4, 0.5) is 10.5 Å². The summed E-state index contributed by atoms with van der Waals surface area (Å²) in [6.07, 6.45) is 0. The summed E-state index contributed by atoms with van der Waals surface area (Å²) in [4.78, 5) is 22.1. The standard InChI is InChI=1S/C12H16BrN3O2/c1-6-4-9(5-7(2)10(6)13)15-8(3)11(17)16-12(14)18/h4-5,8,15H,1-3H3,(H3,14,16,17,18). The molecular formula is C12H16BrN3O2. The minimum Gasteiger partial charge on any atom is -0.374 e. The van der Waals surface area contributed by atoms with Crippen molar-refractivity contribution in [2.45, 2.75) is 26.8 Å². The van der Waals surface area contributed by atoms with Gasteiger partial charge in [-0.2, -0.15) is 0 Å². The highest BCUT2D eigenvalue weighted by molar-refractivity contribution is 9.10. The van der Waals surface area contributed by atoms with Crippen LogP contribution in [0.2, 0.25) is 0 Å². The molecule has 1 aromatic carbocycles. The fourth-order valence-corrected chi connectivity index (χ4v) is 1.80. The Labute approximate surface area is 114 Å². The predicted octanol–water partition coefficient (Wildman–Crippen LogP) is 2.06. The molecule has 1 rings (SSSR count). The fraction of sp³-hybridized carbons (Fsp3) is 0.333. The van der Waals surface area contributed by atoms with Crippen molar-refractivity contribution in [1.82, 2.24) is 5.32 Å². The lowest BCUT2D eigenvalue weighted by atomic mass is 10.1. The number of halogens is 1. The SMILES string of the molecule is Cc1cc(NC(C)C(=O)NC(N)=O)cc(C)c1Br. The van der Waals surface area contributed by atoms with Gasteiger partial charge < -0.3 is 11.1 Å². The second-order valence-electron chi connectivity index (χ2n) is 4.14. The van der Waals surface area contributed by atoms with E-state index in [0.717, 1.165) is 21.3 Å². The molecule has 0 aliphatic carbocycles. The normalized spacial score (nSPS) is 11.8. The Morgan fingerprint density at radius 3 is 2.22 bits per heavy atom. The molecule has 1 unspecified atom stereocenters. The molecule has 0 fully saturated rings. The van der Waals surface area contributed by atoms with Gasteiger partial charge in [-0.25, -0.2) is 4.79 Å². The Balaban J connectivity index is 2.79. The molecule has 1 aromatic rings. The van der Waals surface area contributed by atoms with E-state index in [4.69, 9.17) is 5.73 Å². The molecule has 0 bridgehead atoms. The molecule has 98 valence electrons. The maximum Gasteiger partial charge on any atom is 0.318 e. The van der Waals surface area contributed by atoms with Crippen molar-refractivity contribution < 1.29 is 9.59 Å². The average molecular weight is 314 g/mol. The van der Waals surface area contributed by atoms with E-state index in [-0.39, 0.29) is 0 Å². The zero-order chi connectivity index (χ0) is 13.9. The molecule has 0 spiro atoms. The number of nitrogens with one attached hydrogen (secondary N) is 2. The van der Waals surface area contributed by atoms with Crippen molar-refractivity contribution in [3.8, 4) is 0 Å². The Morgan fingerprint density at radius 1 is 1.28 bits per heavy atom. The molecule has 0 aromatic heterocycles. The minimum atomic E-state index is -0.850. The summed E-state index contributed by atoms with van der Waals surface area (Å²) >= 11 is 3.47. The molecule has 0 saturated carbocycles. The first-order chi connectivity index (χ1) is 8.31. The van der Waals surface area contributed by atoms with Gasteiger partial charge in [-0.05, 0) is 44.0 Å². The van der Waals surface area contributed by atoms with E-state index in [2.05, 4.69) is 21.2 Å². The van der Waals surface area contributed by atoms with E-state index >= 15 is 0 Å². The van der Waals surface area contributed by atoms with Crippen molar-refractivity contribution in [2.75, 3.05) is 5.32 Å². The summed E-state index contributed by atoms with van der Waals surface area (Å²) in [5.41, 5.74) is 7.85. The second-order valence-corrected chi connectivity index (χ2v) is 4.94. The number of nitrogens with two attached hydrogens (primary N) is 1. The highest BCUT2D eigenvalue weighted by Gasteiger charge is 2.14. The quantitative estimate of drug-likeness (QED) is 0.798. The van der Waals surface area contributed by atoms with E-state index in [0.29, 0.717) is 0 Å². The maximum absolute atomic E-state index is 11.5. The lowest BCUT2D eigenvalue weighted by Crippen LogP contribution is -2.43. The lowest BCUT2D eigenvalue weighted by Gasteiger charge is -2.15. The van der Waals surface area contributed by atoms with Crippen LogP contribution < -0.4 is 16.4 Å². The van der Waals surface area contributed by atoms with Gasteiger partial charge >= 0.3 is 6.03 Å². The summed E-state index contributed by atoms with van der Waals surface area (Å²) in [5.74, 6) is -0.458. The average Bonchev–Trinajstić information content (AvgIpc) is 2.24. The second kappa shape index (κ2) is 5.86. The van der Waals surface area contributed by atoms with Crippen molar-refractivity contribution in [3.63, 3.8) is 0 Å². The third kappa shape index (κ3) is 3.73. The smallest absolute Gasteiger partial charge is 0.318 e. The van der Waals surface area contributed by atoms with Gasteiger partial charge in [0.25, 0.3) is 0 Å². The first-order valence-electron chi connectivity index (χ1n) is 5.45. The number of carbonyl (C=O) groups is 2. The molecule has 0 heterocycles. The summed E-state index contributed by atoms with van der Waals surface area (Å²) < 4.78 is 1.04. The molecular weight excluding hydrogens is 298 g/mol. The molecule has 5 nitrogen and oxygen atoms in total. The Morgan fingerprint density at radius 2 is 1.78 bits per heavy atom. The largest absolute Gasteiger partial charge is 0.374 e. The Hall–Kier alpha value is -1.56. The molecule has 4 N–H and O–H groups in total. The number of benzene rings is 1. The highest BCUT2D eigenvalue weighted by Crippen LogP contribution is 2.25. The molecule has 18 heavy (non-hydrogen) atoms. The van der Waals surface area contributed by atoms with Crippen LogP contribution in [0.3, 0.4) is 0 Å². The van der Waals surface area contributed by atoms with Crippen LogP contribution in [0.1, 0.15) is 18.1 Å². The number of aryl methyl sites for hydroxylation is 2. The highest BCUT2D eigenvalue weighted by atomic mass is 79.9. The van der Waals surface area contributed by atoms with Crippen LogP contribution >= 0.6 is 15.9 Å². The van der Waals surface area contributed by atoms with Crippen molar-refractivity contribution in [2.24, 2.45) is 5.73 Å². The molecule has 0 saturated heterocycles. The van der Waals surface area contributed by atoms with Crippen molar-refractivity contribution in [3.05, 3.63) is 27.7 Å². The van der Waals surface area contributed by atoms with Gasteiger partial charge in [-0.15, -0.1) is 0 Å². The van der Waals surface area contributed by atoms with Gasteiger partial charge in [0.15, 0.2) is 0 Å². The maximum atomic E-state index is 11.5. The predicted molar refractivity (Wildman–Crippen MR) is 74.4 cm³/mol. The number of hydrogen-bond acceptors (Lipinski definition) is 3. The number of primary amides is 1. The minimum absolute atomic E-state index is 0.458. The van der Waals surface area contributed by atoms with Crippen LogP contribution in [0.5, 0.6) is 0 Å². The van der Waals surface area contributed by atoms with E-state index in [1.807, 2.05) is 31.3 Å². The van der Waals surface area contributed by atoms with Gasteiger partial charge in [0.1, 0.15) is 6.04 Å². The van der Waals surface area contributed by atoms with Gasteiger partial charge in [-0.1, -0.05) is 15.9 Å². The Kier molecular flexibility index (Phi) is 4.72. The molecule has 0 aliphatic heterocycles. The number of hydrogen-bond donors (Lipinski definition) is 3. The van der Waals surface area contributed by atoms with Crippen molar-refractivity contribution >= 4 is 33.6 Å². The summed E-state index contributed by atoms with van der Waals surface area (Å²) in [6, 6.07) is 2.45. The van der Waals surface area contributed by atoms with Gasteiger partial charge in [0, 0.05) is 10.2 Å². The molecule has 0 aliphatic rings. The van der Waals surface area contributed by atoms with E-state index in [9.17, 15) is 9.59 Å². The number of amides is 3. The summed E-state index contributed by atoms with van der Waals surface area (Å²) in [7, 11) is 0.